The largest absolute Gasteiger partial charge is 0.341 e. The van der Waals surface area contributed by atoms with Gasteiger partial charge in [0.05, 0.1) is 17.1 Å². The Labute approximate surface area is 249 Å². The van der Waals surface area contributed by atoms with Crippen LogP contribution >= 0.6 is 47.0 Å². The van der Waals surface area contributed by atoms with Crippen LogP contribution in [-0.2, 0) is 17.6 Å². The lowest BCUT2D eigenvalue weighted by Gasteiger charge is -2.50. The van der Waals surface area contributed by atoms with Gasteiger partial charge in [-0.1, -0.05) is 89.4 Å². The van der Waals surface area contributed by atoms with Crippen molar-refractivity contribution in [2.45, 2.75) is 25.8 Å². The quantitative estimate of drug-likeness (QED) is 0.200. The molecule has 1 amide bonds. The summed E-state index contributed by atoms with van der Waals surface area (Å²) in [6.07, 6.45) is 1.02. The van der Waals surface area contributed by atoms with E-state index in [1.165, 1.54) is 0 Å². The van der Waals surface area contributed by atoms with Crippen LogP contribution < -0.4 is 4.90 Å². The summed E-state index contributed by atoms with van der Waals surface area (Å²) >= 11 is 24.7. The molecule has 0 radical (unpaired) electrons. The molecule has 0 spiro atoms. The van der Waals surface area contributed by atoms with Crippen LogP contribution in [0.25, 0.3) is 0 Å². The van der Waals surface area contributed by atoms with Crippen LogP contribution in [0.3, 0.4) is 0 Å². The lowest BCUT2D eigenvalue weighted by Crippen LogP contribution is -2.64. The standard InChI is InChI=1S/C32H27Cl3N2OS/c1-22(25-5-3-2-4-6-25)36-21-32(19-23-7-11-26(33)12-8-23,20-24-9-13-27(34)14-10-24)30(38)37(31(36)39)29-17-15-28(35)16-18-29/h2-18,22H,19-21H2,1H3/t22-/m1/s1. The molecule has 1 fully saturated rings. The van der Waals surface area contributed by atoms with E-state index >= 15 is 0 Å². The highest BCUT2D eigenvalue weighted by molar-refractivity contribution is 7.80. The molecule has 0 bridgehead atoms. The molecule has 5 rings (SSSR count). The number of anilines is 1. The normalized spacial score (nSPS) is 15.9. The average molecular weight is 594 g/mol. The van der Waals surface area contributed by atoms with Crippen molar-refractivity contribution in [3.8, 4) is 0 Å². The van der Waals surface area contributed by atoms with Gasteiger partial charge in [-0.3, -0.25) is 9.69 Å². The van der Waals surface area contributed by atoms with E-state index in [1.807, 2.05) is 78.9 Å². The van der Waals surface area contributed by atoms with Gasteiger partial charge in [0, 0.05) is 21.6 Å². The smallest absolute Gasteiger partial charge is 0.242 e. The van der Waals surface area contributed by atoms with E-state index in [1.54, 1.807) is 17.0 Å². The molecule has 0 N–H and O–H groups in total. The van der Waals surface area contributed by atoms with E-state index in [0.717, 1.165) is 16.7 Å². The molecule has 0 unspecified atom stereocenters. The van der Waals surface area contributed by atoms with Crippen molar-refractivity contribution < 1.29 is 4.79 Å². The third kappa shape index (κ3) is 6.00. The van der Waals surface area contributed by atoms with Crippen LogP contribution in [0, 0.1) is 5.41 Å². The number of nitrogens with zero attached hydrogens (tertiary/aromatic N) is 2. The molecule has 4 aromatic rings. The summed E-state index contributed by atoms with van der Waals surface area (Å²) in [4.78, 5) is 18.6. The third-order valence-corrected chi connectivity index (χ3v) is 8.49. The third-order valence-electron chi connectivity index (χ3n) is 7.31. The topological polar surface area (TPSA) is 23.6 Å². The van der Waals surface area contributed by atoms with Gasteiger partial charge in [0.15, 0.2) is 5.11 Å². The number of rotatable bonds is 7. The van der Waals surface area contributed by atoms with Crippen LogP contribution in [-0.4, -0.2) is 22.5 Å². The first kappa shape index (κ1) is 27.7. The maximum Gasteiger partial charge on any atom is 0.242 e. The second kappa shape index (κ2) is 11.7. The fourth-order valence-corrected chi connectivity index (χ4v) is 6.05. The van der Waals surface area contributed by atoms with Gasteiger partial charge in [-0.05, 0) is 97.2 Å². The van der Waals surface area contributed by atoms with Crippen molar-refractivity contribution >= 4 is 63.7 Å². The minimum atomic E-state index is -0.827. The maximum absolute atomic E-state index is 14.7. The van der Waals surface area contributed by atoms with E-state index in [0.29, 0.717) is 45.3 Å². The maximum atomic E-state index is 14.7. The van der Waals surface area contributed by atoms with E-state index in [9.17, 15) is 4.79 Å². The number of benzene rings is 4. The molecule has 1 saturated heterocycles. The zero-order valence-electron chi connectivity index (χ0n) is 21.4. The first-order chi connectivity index (χ1) is 18.8. The number of carbonyl (C=O) groups excluding carboxylic acids is 1. The zero-order valence-corrected chi connectivity index (χ0v) is 24.4. The van der Waals surface area contributed by atoms with Gasteiger partial charge >= 0.3 is 0 Å². The molecule has 0 saturated carbocycles. The Hall–Kier alpha value is -2.89. The lowest BCUT2D eigenvalue weighted by atomic mass is 9.73. The number of halogens is 3. The van der Waals surface area contributed by atoms with Crippen molar-refractivity contribution in [1.82, 2.24) is 4.90 Å². The van der Waals surface area contributed by atoms with E-state index < -0.39 is 5.41 Å². The fourth-order valence-electron chi connectivity index (χ4n) is 5.26. The van der Waals surface area contributed by atoms with Crippen LogP contribution in [0.2, 0.25) is 15.1 Å². The second-order valence-corrected chi connectivity index (χ2v) is 11.7. The van der Waals surface area contributed by atoms with E-state index in [-0.39, 0.29) is 11.9 Å². The Bertz CT molecular complexity index is 1410. The number of hydrogen-bond acceptors (Lipinski definition) is 2. The van der Waals surface area contributed by atoms with Gasteiger partial charge in [0.1, 0.15) is 0 Å². The molecule has 1 heterocycles. The van der Waals surface area contributed by atoms with Crippen molar-refractivity contribution in [3.05, 3.63) is 135 Å². The van der Waals surface area contributed by atoms with E-state index in [4.69, 9.17) is 47.0 Å². The SMILES string of the molecule is C[C@H](c1ccccc1)N1CC(Cc2ccc(Cl)cc2)(Cc2ccc(Cl)cc2)C(=O)N(c2ccc(Cl)cc2)C1=S. The van der Waals surface area contributed by atoms with Crippen molar-refractivity contribution in [1.29, 1.82) is 0 Å². The summed E-state index contributed by atoms with van der Waals surface area (Å²) in [7, 11) is 0. The van der Waals surface area contributed by atoms with Crippen LogP contribution in [0.15, 0.2) is 103 Å². The number of hydrogen-bond donors (Lipinski definition) is 0. The highest BCUT2D eigenvalue weighted by Gasteiger charge is 2.50. The van der Waals surface area contributed by atoms with Gasteiger partial charge in [0.25, 0.3) is 0 Å². The summed E-state index contributed by atoms with van der Waals surface area (Å²) in [5.74, 6) is -0.0452. The van der Waals surface area contributed by atoms with E-state index in [2.05, 4.69) is 24.0 Å². The van der Waals surface area contributed by atoms with Gasteiger partial charge in [-0.2, -0.15) is 0 Å². The highest BCUT2D eigenvalue weighted by Crippen LogP contribution is 2.41. The molecule has 4 aromatic carbocycles. The highest BCUT2D eigenvalue weighted by atomic mass is 35.5. The Morgan fingerprint density at radius 3 is 1.69 bits per heavy atom. The minimum Gasteiger partial charge on any atom is -0.341 e. The molecule has 7 heteroatoms. The molecule has 39 heavy (non-hydrogen) atoms. The molecule has 3 nitrogen and oxygen atoms in total. The summed E-state index contributed by atoms with van der Waals surface area (Å²) in [5.41, 5.74) is 3.04. The fraction of sp³-hybridized carbons (Fsp3) is 0.188. The molecule has 1 atom stereocenters. The number of thiocarbonyl (C=S) groups is 1. The molecule has 198 valence electrons. The van der Waals surface area contributed by atoms with Gasteiger partial charge < -0.3 is 4.90 Å². The Morgan fingerprint density at radius 1 is 0.744 bits per heavy atom. The lowest BCUT2D eigenvalue weighted by molar-refractivity contribution is -0.129. The van der Waals surface area contributed by atoms with Crippen molar-refractivity contribution in [2.75, 3.05) is 11.4 Å². The molecular formula is C32H27Cl3N2OS. The molecular weight excluding hydrogens is 567 g/mol. The van der Waals surface area contributed by atoms with Gasteiger partial charge in [-0.15, -0.1) is 0 Å². The first-order valence-electron chi connectivity index (χ1n) is 12.7. The second-order valence-electron chi connectivity index (χ2n) is 10.0. The summed E-state index contributed by atoms with van der Waals surface area (Å²) in [5, 5.41) is 2.38. The summed E-state index contributed by atoms with van der Waals surface area (Å²) in [6, 6.07) is 32.9. The molecule has 0 aliphatic carbocycles. The Morgan fingerprint density at radius 2 is 1.21 bits per heavy atom. The molecule has 1 aliphatic heterocycles. The monoisotopic (exact) mass is 592 g/mol. The zero-order chi connectivity index (χ0) is 27.6. The molecule has 1 aliphatic rings. The Balaban J connectivity index is 1.65. The van der Waals surface area contributed by atoms with Crippen molar-refractivity contribution in [2.24, 2.45) is 5.41 Å². The van der Waals surface area contributed by atoms with Crippen molar-refractivity contribution in [3.63, 3.8) is 0 Å². The average Bonchev–Trinajstić information content (AvgIpc) is 2.94. The summed E-state index contributed by atoms with van der Waals surface area (Å²) in [6.45, 7) is 2.59. The first-order valence-corrected chi connectivity index (χ1v) is 14.2. The number of carbonyl (C=O) groups is 1. The van der Waals surface area contributed by atoms with Crippen LogP contribution in [0.5, 0.6) is 0 Å². The predicted octanol–water partition coefficient (Wildman–Crippen LogP) is 8.81. The minimum absolute atomic E-state index is 0.0452. The van der Waals surface area contributed by atoms with Crippen LogP contribution in [0.4, 0.5) is 5.69 Å². The van der Waals surface area contributed by atoms with Gasteiger partial charge in [0.2, 0.25) is 5.91 Å². The Kier molecular flexibility index (Phi) is 8.29. The van der Waals surface area contributed by atoms with Gasteiger partial charge in [-0.25, -0.2) is 0 Å². The summed E-state index contributed by atoms with van der Waals surface area (Å²) < 4.78 is 0. The van der Waals surface area contributed by atoms with Crippen LogP contribution in [0.1, 0.15) is 29.7 Å². The molecule has 0 aromatic heterocycles. The number of amides is 1. The predicted molar refractivity (Wildman–Crippen MR) is 166 cm³/mol.